The molecule has 0 N–H and O–H groups in total. The van der Waals surface area contributed by atoms with Crippen molar-refractivity contribution < 1.29 is 4.79 Å². The highest BCUT2D eigenvalue weighted by Gasteiger charge is 2.30. The maximum absolute atomic E-state index is 10.2. The van der Waals surface area contributed by atoms with E-state index in [1.54, 1.807) is 6.08 Å². The molecule has 1 aliphatic rings. The Morgan fingerprint density at radius 2 is 1.67 bits per heavy atom. The van der Waals surface area contributed by atoms with E-state index in [2.05, 4.69) is 25.8 Å². The minimum atomic E-state index is 0.221. The second kappa shape index (κ2) is 3.86. The van der Waals surface area contributed by atoms with Crippen LogP contribution in [0.4, 0.5) is 0 Å². The highest BCUT2D eigenvalue weighted by atomic mass is 16.1. The van der Waals surface area contributed by atoms with E-state index in [1.807, 2.05) is 0 Å². The predicted octanol–water partition coefficient (Wildman–Crippen LogP) is 2.39. The summed E-state index contributed by atoms with van der Waals surface area (Å²) in [4.78, 5) is 14.0. The second-order valence-corrected chi connectivity index (χ2v) is 4.24. The molecule has 2 heteroatoms. The standard InChI is InChI=1S/C10H17NO/c1-7-4-8(2)10(11-6-12)9(3)5-7/h7-10H,4-5H2,1-3H3/t7?,8-,9+,10?. The molecule has 0 aromatic rings. The van der Waals surface area contributed by atoms with Gasteiger partial charge in [-0.2, -0.15) is 0 Å². The molecule has 12 heavy (non-hydrogen) atoms. The number of isocyanates is 1. The van der Waals surface area contributed by atoms with Crippen molar-refractivity contribution >= 4 is 6.08 Å². The molecule has 0 aromatic carbocycles. The maximum Gasteiger partial charge on any atom is 0.235 e. The molecule has 1 fully saturated rings. The van der Waals surface area contributed by atoms with Gasteiger partial charge in [0, 0.05) is 0 Å². The lowest BCUT2D eigenvalue weighted by Crippen LogP contribution is -2.32. The predicted molar refractivity (Wildman–Crippen MR) is 48.6 cm³/mol. The molecule has 1 saturated carbocycles. The van der Waals surface area contributed by atoms with Gasteiger partial charge in [-0.1, -0.05) is 20.8 Å². The fraction of sp³-hybridized carbons (Fsp3) is 0.900. The van der Waals surface area contributed by atoms with Crippen molar-refractivity contribution in [1.29, 1.82) is 0 Å². The van der Waals surface area contributed by atoms with Crippen LogP contribution in [0.15, 0.2) is 4.99 Å². The minimum absolute atomic E-state index is 0.221. The summed E-state index contributed by atoms with van der Waals surface area (Å²) in [6, 6.07) is 0.221. The topological polar surface area (TPSA) is 29.4 Å². The third-order valence-corrected chi connectivity index (χ3v) is 2.92. The molecular weight excluding hydrogens is 150 g/mol. The quantitative estimate of drug-likeness (QED) is 0.435. The fourth-order valence-corrected chi connectivity index (χ4v) is 2.52. The van der Waals surface area contributed by atoms with Gasteiger partial charge >= 0.3 is 0 Å². The molecule has 0 amide bonds. The zero-order valence-electron chi connectivity index (χ0n) is 8.08. The first-order valence-corrected chi connectivity index (χ1v) is 4.72. The highest BCUT2D eigenvalue weighted by Crippen LogP contribution is 2.34. The van der Waals surface area contributed by atoms with Crippen molar-refractivity contribution in [3.8, 4) is 0 Å². The van der Waals surface area contributed by atoms with E-state index in [1.165, 1.54) is 12.8 Å². The van der Waals surface area contributed by atoms with Crippen LogP contribution in [0.1, 0.15) is 33.6 Å². The Morgan fingerprint density at radius 3 is 2.08 bits per heavy atom. The summed E-state index contributed by atoms with van der Waals surface area (Å²) in [7, 11) is 0. The molecule has 0 saturated heterocycles. The molecule has 2 nitrogen and oxygen atoms in total. The van der Waals surface area contributed by atoms with Crippen LogP contribution in [-0.2, 0) is 4.79 Å². The van der Waals surface area contributed by atoms with Crippen LogP contribution in [-0.4, -0.2) is 12.1 Å². The lowest BCUT2D eigenvalue weighted by Gasteiger charge is -2.34. The van der Waals surface area contributed by atoms with Crippen LogP contribution >= 0.6 is 0 Å². The van der Waals surface area contributed by atoms with Crippen LogP contribution in [0.2, 0.25) is 0 Å². The molecule has 68 valence electrons. The zero-order valence-corrected chi connectivity index (χ0v) is 8.08. The average molecular weight is 167 g/mol. The lowest BCUT2D eigenvalue weighted by atomic mass is 9.74. The summed E-state index contributed by atoms with van der Waals surface area (Å²) in [6.07, 6.45) is 4.08. The van der Waals surface area contributed by atoms with Crippen molar-refractivity contribution in [2.24, 2.45) is 22.7 Å². The molecule has 1 rings (SSSR count). The molecule has 2 unspecified atom stereocenters. The Hall–Kier alpha value is -0.620. The summed E-state index contributed by atoms with van der Waals surface area (Å²) in [6.45, 7) is 6.63. The van der Waals surface area contributed by atoms with E-state index in [0.717, 1.165) is 5.92 Å². The number of rotatable bonds is 1. The summed E-state index contributed by atoms with van der Waals surface area (Å²) in [5, 5.41) is 0. The van der Waals surface area contributed by atoms with Crippen molar-refractivity contribution in [2.75, 3.05) is 0 Å². The largest absolute Gasteiger partial charge is 0.235 e. The van der Waals surface area contributed by atoms with Gasteiger partial charge in [0.05, 0.1) is 6.04 Å². The van der Waals surface area contributed by atoms with E-state index in [-0.39, 0.29) is 6.04 Å². The number of hydrogen-bond acceptors (Lipinski definition) is 2. The van der Waals surface area contributed by atoms with Gasteiger partial charge in [0.1, 0.15) is 0 Å². The number of aliphatic imine (C=N–C) groups is 1. The summed E-state index contributed by atoms with van der Waals surface area (Å²) in [5.41, 5.74) is 0. The highest BCUT2D eigenvalue weighted by molar-refractivity contribution is 5.33. The Labute approximate surface area is 74.1 Å². The Kier molecular flexibility index (Phi) is 3.05. The third-order valence-electron chi connectivity index (χ3n) is 2.92. The Morgan fingerprint density at radius 1 is 1.17 bits per heavy atom. The first kappa shape index (κ1) is 9.47. The van der Waals surface area contributed by atoms with Gasteiger partial charge in [-0.15, -0.1) is 0 Å². The molecule has 0 heterocycles. The van der Waals surface area contributed by atoms with Crippen molar-refractivity contribution in [2.45, 2.75) is 39.7 Å². The van der Waals surface area contributed by atoms with E-state index in [0.29, 0.717) is 11.8 Å². The SMILES string of the molecule is CC1C[C@@H](C)C(N=C=O)[C@@H](C)C1. The van der Waals surface area contributed by atoms with E-state index in [4.69, 9.17) is 0 Å². The molecule has 1 aliphatic carbocycles. The van der Waals surface area contributed by atoms with Crippen LogP contribution in [0.5, 0.6) is 0 Å². The third kappa shape index (κ3) is 1.95. The van der Waals surface area contributed by atoms with Crippen molar-refractivity contribution in [3.63, 3.8) is 0 Å². The second-order valence-electron chi connectivity index (χ2n) is 4.24. The zero-order chi connectivity index (χ0) is 9.14. The number of carbonyl (C=O) groups excluding carboxylic acids is 1. The smallest absolute Gasteiger partial charge is 0.211 e. The lowest BCUT2D eigenvalue weighted by molar-refractivity contribution is 0.196. The molecule has 0 radical (unpaired) electrons. The molecular formula is C10H17NO. The van der Waals surface area contributed by atoms with Crippen LogP contribution in [0.3, 0.4) is 0 Å². The normalized spacial score (nSPS) is 41.9. The van der Waals surface area contributed by atoms with Gasteiger partial charge < -0.3 is 0 Å². The van der Waals surface area contributed by atoms with Crippen molar-refractivity contribution in [1.82, 2.24) is 0 Å². The Bertz CT molecular complexity index is 184. The van der Waals surface area contributed by atoms with Crippen molar-refractivity contribution in [3.05, 3.63) is 0 Å². The van der Waals surface area contributed by atoms with Gasteiger partial charge in [-0.3, -0.25) is 0 Å². The number of nitrogens with zero attached hydrogens (tertiary/aromatic N) is 1. The Balaban J connectivity index is 2.66. The van der Waals surface area contributed by atoms with Gasteiger partial charge in [0.15, 0.2) is 0 Å². The molecule has 0 aliphatic heterocycles. The van der Waals surface area contributed by atoms with Gasteiger partial charge in [-0.25, -0.2) is 9.79 Å². The van der Waals surface area contributed by atoms with Gasteiger partial charge in [0.25, 0.3) is 0 Å². The van der Waals surface area contributed by atoms with Crippen LogP contribution in [0, 0.1) is 17.8 Å². The van der Waals surface area contributed by atoms with E-state index < -0.39 is 0 Å². The monoisotopic (exact) mass is 167 g/mol. The first-order chi connectivity index (χ1) is 5.65. The molecule has 0 aromatic heterocycles. The molecule has 4 atom stereocenters. The minimum Gasteiger partial charge on any atom is -0.211 e. The summed E-state index contributed by atoms with van der Waals surface area (Å²) < 4.78 is 0. The van der Waals surface area contributed by atoms with Gasteiger partial charge in [-0.05, 0) is 30.6 Å². The van der Waals surface area contributed by atoms with Gasteiger partial charge in [0.2, 0.25) is 6.08 Å². The molecule has 0 spiro atoms. The summed E-state index contributed by atoms with van der Waals surface area (Å²) >= 11 is 0. The van der Waals surface area contributed by atoms with Crippen LogP contribution < -0.4 is 0 Å². The van der Waals surface area contributed by atoms with Crippen LogP contribution in [0.25, 0.3) is 0 Å². The average Bonchev–Trinajstić information content (AvgIpc) is 1.96. The molecule has 0 bridgehead atoms. The number of hydrogen-bond donors (Lipinski definition) is 0. The van der Waals surface area contributed by atoms with E-state index in [9.17, 15) is 4.79 Å². The summed E-state index contributed by atoms with van der Waals surface area (Å²) in [5.74, 6) is 1.88. The first-order valence-electron chi connectivity index (χ1n) is 4.72. The fourth-order valence-electron chi connectivity index (χ4n) is 2.52. The van der Waals surface area contributed by atoms with E-state index >= 15 is 0 Å². The maximum atomic E-state index is 10.2.